The van der Waals surface area contributed by atoms with Gasteiger partial charge in [0.05, 0.1) is 0 Å². The third-order valence-electron chi connectivity index (χ3n) is 0.940. The minimum Gasteiger partial charge on any atom is -0.329 e. The molecule has 0 aliphatic rings. The molecular formula is C4H16N3O3PS. The van der Waals surface area contributed by atoms with Gasteiger partial charge in [-0.15, -0.1) is 0 Å². The van der Waals surface area contributed by atoms with Gasteiger partial charge < -0.3 is 25.7 Å². The van der Waals surface area contributed by atoms with Crippen LogP contribution in [-0.2, 0) is 11.1 Å². The van der Waals surface area contributed by atoms with E-state index in [1.165, 1.54) is 0 Å². The highest BCUT2D eigenvalue weighted by Gasteiger charge is 1.98. The van der Waals surface area contributed by atoms with Crippen LogP contribution in [0.25, 0.3) is 0 Å². The van der Waals surface area contributed by atoms with Crippen molar-refractivity contribution in [1.82, 2.24) is 10.0 Å². The van der Waals surface area contributed by atoms with E-state index in [-0.39, 0.29) is 11.1 Å². The van der Waals surface area contributed by atoms with Gasteiger partial charge in [-0.05, 0) is 0 Å². The fourth-order valence-electron chi connectivity index (χ4n) is 0.516. The molecule has 0 saturated carbocycles. The molecule has 0 saturated heterocycles. The second-order valence-corrected chi connectivity index (χ2v) is 5.88. The van der Waals surface area contributed by atoms with Gasteiger partial charge in [0, 0.05) is 26.2 Å². The fourth-order valence-corrected chi connectivity index (χ4v) is 1.79. The summed E-state index contributed by atoms with van der Waals surface area (Å²) >= 11 is 0.0791. The van der Waals surface area contributed by atoms with Gasteiger partial charge in [-0.1, -0.05) is 11.1 Å². The predicted octanol–water partition coefficient (Wildman–Crippen LogP) is -2.49. The molecule has 6 nitrogen and oxygen atoms in total. The molecular weight excluding hydrogens is 201 g/mol. The van der Waals surface area contributed by atoms with Crippen LogP contribution < -0.4 is 15.8 Å². The molecule has 0 aliphatic heterocycles. The summed E-state index contributed by atoms with van der Waals surface area (Å²) in [6, 6.07) is 0. The summed E-state index contributed by atoms with van der Waals surface area (Å²) in [5.41, 5.74) is 5.21. The number of nitrogens with one attached hydrogen (secondary N) is 2. The number of hydrogen-bond donors (Lipinski definition) is 7. The Balaban J connectivity index is 3.22. The summed E-state index contributed by atoms with van der Waals surface area (Å²) in [5.74, 6) is 0. The average Bonchev–Trinajstić information content (AvgIpc) is 1.94. The fraction of sp³-hybridized carbons (Fsp3) is 1.00. The number of hydrogen-bond acceptors (Lipinski definition) is 2. The first-order valence-corrected chi connectivity index (χ1v) is 6.74. The molecule has 76 valence electrons. The molecule has 0 aromatic carbocycles. The minimum atomic E-state index is -3.66. The van der Waals surface area contributed by atoms with E-state index in [4.69, 9.17) is 20.4 Å². The monoisotopic (exact) mass is 217 g/mol. The van der Waals surface area contributed by atoms with E-state index in [9.17, 15) is 0 Å². The lowest BCUT2D eigenvalue weighted by Crippen LogP contribution is -2.29. The molecule has 0 aromatic rings. The van der Waals surface area contributed by atoms with Gasteiger partial charge in [-0.25, -0.2) is 0 Å². The molecule has 0 aromatic heterocycles. The van der Waals surface area contributed by atoms with Crippen LogP contribution in [0.15, 0.2) is 0 Å². The summed E-state index contributed by atoms with van der Waals surface area (Å²) < 4.78 is 2.65. The standard InChI is InChI=1S/C4H16N3O3PS/c5-1-2-6-3-4-7-12-11(8,9)10/h6-10,12H,1-5H2. The maximum Gasteiger partial charge on any atom is 0.287 e. The van der Waals surface area contributed by atoms with Crippen molar-refractivity contribution < 1.29 is 14.7 Å². The van der Waals surface area contributed by atoms with Gasteiger partial charge in [0.25, 0.3) is 6.72 Å². The molecule has 0 atom stereocenters. The van der Waals surface area contributed by atoms with Crippen LogP contribution in [0.2, 0.25) is 0 Å². The second kappa shape index (κ2) is 6.99. The summed E-state index contributed by atoms with van der Waals surface area (Å²) in [4.78, 5) is 25.6. The Kier molecular flexibility index (Phi) is 7.31. The Morgan fingerprint density at radius 2 is 1.83 bits per heavy atom. The van der Waals surface area contributed by atoms with E-state index in [1.807, 2.05) is 0 Å². The zero-order chi connectivity index (χ0) is 9.45. The number of thiol groups is 1. The van der Waals surface area contributed by atoms with Crippen LogP contribution in [0, 0.1) is 0 Å². The molecule has 0 fully saturated rings. The largest absolute Gasteiger partial charge is 0.329 e. The van der Waals surface area contributed by atoms with Gasteiger partial charge in [-0.2, -0.15) is 0 Å². The molecule has 0 aliphatic carbocycles. The molecule has 8 heteroatoms. The van der Waals surface area contributed by atoms with Gasteiger partial charge in [0.2, 0.25) is 0 Å². The normalized spacial score (nSPS) is 12.0. The maximum absolute atomic E-state index is 8.53. The van der Waals surface area contributed by atoms with Crippen molar-refractivity contribution in [2.45, 2.75) is 0 Å². The lowest BCUT2D eigenvalue weighted by atomic mass is 10.6. The zero-order valence-corrected chi connectivity index (χ0v) is 8.43. The van der Waals surface area contributed by atoms with E-state index < -0.39 is 6.72 Å². The topological polar surface area (TPSA) is 111 Å². The van der Waals surface area contributed by atoms with Gasteiger partial charge in [0.1, 0.15) is 0 Å². The molecule has 0 bridgehead atoms. The van der Waals surface area contributed by atoms with Crippen molar-refractivity contribution >= 4 is 17.8 Å². The molecule has 7 N–H and O–H groups in total. The van der Waals surface area contributed by atoms with Crippen LogP contribution in [0.1, 0.15) is 0 Å². The van der Waals surface area contributed by atoms with Crippen molar-refractivity contribution in [3.8, 4) is 0 Å². The van der Waals surface area contributed by atoms with Gasteiger partial charge in [-0.3, -0.25) is 4.72 Å². The molecule has 0 heterocycles. The summed E-state index contributed by atoms with van der Waals surface area (Å²) in [6.07, 6.45) is 0. The lowest BCUT2D eigenvalue weighted by molar-refractivity contribution is 0.363. The predicted molar refractivity (Wildman–Crippen MR) is 52.3 cm³/mol. The first-order valence-electron chi connectivity index (χ1n) is 3.49. The Bertz CT molecular complexity index is 153. The third kappa shape index (κ3) is 10.5. The number of nitrogens with two attached hydrogens (primary N) is 1. The summed E-state index contributed by atoms with van der Waals surface area (Å²) in [6.45, 7) is -1.11. The van der Waals surface area contributed by atoms with E-state index >= 15 is 0 Å². The van der Waals surface area contributed by atoms with Crippen molar-refractivity contribution in [1.29, 1.82) is 0 Å². The summed E-state index contributed by atoms with van der Waals surface area (Å²) in [5, 5.41) is 3.00. The van der Waals surface area contributed by atoms with Crippen LogP contribution >= 0.6 is 6.72 Å². The van der Waals surface area contributed by atoms with Crippen molar-refractivity contribution in [3.63, 3.8) is 0 Å². The first-order chi connectivity index (χ1) is 5.56. The Morgan fingerprint density at radius 1 is 1.17 bits per heavy atom. The van der Waals surface area contributed by atoms with Crippen LogP contribution in [-0.4, -0.2) is 40.9 Å². The summed E-state index contributed by atoms with van der Waals surface area (Å²) in [7, 11) is 0. The molecule has 0 rings (SSSR count). The van der Waals surface area contributed by atoms with Crippen LogP contribution in [0.4, 0.5) is 0 Å². The smallest absolute Gasteiger partial charge is 0.287 e. The Hall–Kier alpha value is 0.540. The Morgan fingerprint density at radius 3 is 2.33 bits per heavy atom. The van der Waals surface area contributed by atoms with E-state index in [2.05, 4.69) is 10.0 Å². The lowest BCUT2D eigenvalue weighted by Gasteiger charge is -2.04. The molecule has 0 radical (unpaired) electrons. The zero-order valence-electron chi connectivity index (χ0n) is 6.64. The van der Waals surface area contributed by atoms with E-state index in [0.717, 1.165) is 6.54 Å². The van der Waals surface area contributed by atoms with Gasteiger partial charge >= 0.3 is 0 Å². The molecule has 0 amide bonds. The molecule has 0 spiro atoms. The molecule has 12 heavy (non-hydrogen) atoms. The van der Waals surface area contributed by atoms with Gasteiger partial charge in [0.15, 0.2) is 0 Å². The van der Waals surface area contributed by atoms with Crippen molar-refractivity contribution in [2.75, 3.05) is 26.2 Å². The van der Waals surface area contributed by atoms with Crippen molar-refractivity contribution in [3.05, 3.63) is 0 Å². The first kappa shape index (κ1) is 12.5. The van der Waals surface area contributed by atoms with E-state index in [1.54, 1.807) is 0 Å². The quantitative estimate of drug-likeness (QED) is 0.151. The SMILES string of the molecule is NCCNCCN[SH]=P(O)(O)O. The third-order valence-corrected chi connectivity index (χ3v) is 2.80. The second-order valence-electron chi connectivity index (χ2n) is 2.08. The molecule has 0 unspecified atom stereocenters. The average molecular weight is 217 g/mol. The van der Waals surface area contributed by atoms with E-state index in [0.29, 0.717) is 19.6 Å². The minimum absolute atomic E-state index is 0.0791. The maximum atomic E-state index is 8.53. The highest BCUT2D eigenvalue weighted by atomic mass is 32.5. The highest BCUT2D eigenvalue weighted by molar-refractivity contribution is 8.15. The van der Waals surface area contributed by atoms with Crippen LogP contribution in [0.5, 0.6) is 0 Å². The highest BCUT2D eigenvalue weighted by Crippen LogP contribution is 2.29. The van der Waals surface area contributed by atoms with Crippen LogP contribution in [0.3, 0.4) is 0 Å². The van der Waals surface area contributed by atoms with Crippen molar-refractivity contribution in [2.24, 2.45) is 5.73 Å². The number of rotatable bonds is 6. The Labute approximate surface area is 75.1 Å².